The van der Waals surface area contributed by atoms with Crippen molar-refractivity contribution in [1.29, 1.82) is 0 Å². The summed E-state index contributed by atoms with van der Waals surface area (Å²) in [5.41, 5.74) is 0. The van der Waals surface area contributed by atoms with Crippen molar-refractivity contribution in [3.63, 3.8) is 0 Å². The van der Waals surface area contributed by atoms with Gasteiger partial charge in [-0.05, 0) is 128 Å². The van der Waals surface area contributed by atoms with Crippen molar-refractivity contribution in [3.8, 4) is 0 Å². The molecule has 2 atom stereocenters. The second kappa shape index (κ2) is 74.6. The molecule has 0 bridgehead atoms. The number of ether oxygens (including phenoxy) is 2. The van der Waals surface area contributed by atoms with Crippen LogP contribution in [0.5, 0.6) is 0 Å². The van der Waals surface area contributed by atoms with Crippen LogP contribution < -0.4 is 4.89 Å². The van der Waals surface area contributed by atoms with Crippen molar-refractivity contribution in [2.75, 3.05) is 47.5 Å². The Morgan fingerprint density at radius 2 is 0.562 bits per heavy atom. The summed E-state index contributed by atoms with van der Waals surface area (Å²) in [6.45, 7) is 4.01. The number of carbonyl (C=O) groups excluding carboxylic acids is 2. The van der Waals surface area contributed by atoms with Gasteiger partial charge in [0.15, 0.2) is 6.10 Å². The number of unbranched alkanes of at least 4 members (excludes halogenated alkanes) is 28. The van der Waals surface area contributed by atoms with Gasteiger partial charge in [-0.2, -0.15) is 0 Å². The Morgan fingerprint density at radius 1 is 0.323 bits per heavy atom. The number of quaternary nitrogens is 1. The van der Waals surface area contributed by atoms with Crippen molar-refractivity contribution in [2.24, 2.45) is 0 Å². The lowest BCUT2D eigenvalue weighted by atomic mass is 10.0. The van der Waals surface area contributed by atoms with Crippen molar-refractivity contribution in [1.82, 2.24) is 0 Å². The van der Waals surface area contributed by atoms with Crippen LogP contribution in [-0.2, 0) is 32.7 Å². The molecule has 0 aromatic carbocycles. The van der Waals surface area contributed by atoms with E-state index in [1.807, 2.05) is 21.1 Å². The molecule has 2 unspecified atom stereocenters. The summed E-state index contributed by atoms with van der Waals surface area (Å²) in [7, 11) is 1.15. The van der Waals surface area contributed by atoms with Crippen molar-refractivity contribution < 1.29 is 42.1 Å². The average Bonchev–Trinajstić information content (AvgIpc) is 2.54. The van der Waals surface area contributed by atoms with E-state index in [0.717, 1.165) is 141 Å². The van der Waals surface area contributed by atoms with E-state index in [2.05, 4.69) is 184 Å². The number of carbonyl (C=O) groups is 2. The first-order chi connectivity index (χ1) is 47.0. The molecule has 0 saturated carbocycles. The summed E-state index contributed by atoms with van der Waals surface area (Å²) in [4.78, 5) is 38.2. The second-order valence-corrected chi connectivity index (χ2v) is 28.0. The minimum absolute atomic E-state index is 0.0379. The lowest BCUT2D eigenvalue weighted by molar-refractivity contribution is -0.870. The molecule has 0 aromatic heterocycles. The molecule has 0 saturated heterocycles. The first-order valence-electron chi connectivity index (χ1n) is 38.8. The highest BCUT2D eigenvalue weighted by atomic mass is 31.2. The van der Waals surface area contributed by atoms with Gasteiger partial charge in [-0.1, -0.05) is 338 Å². The number of nitrogens with zero attached hydrogens (tertiary/aromatic N) is 1. The normalized spacial score (nSPS) is 14.0. The molecular formula is C86H144NO8P. The Bertz CT molecular complexity index is 2230. The van der Waals surface area contributed by atoms with Gasteiger partial charge in [0.25, 0.3) is 7.82 Å². The van der Waals surface area contributed by atoms with E-state index >= 15 is 0 Å². The predicted molar refractivity (Wildman–Crippen MR) is 415 cm³/mol. The zero-order valence-electron chi connectivity index (χ0n) is 62.3. The fraction of sp³-hybridized carbons (Fsp3) is 0.651. The molecular weight excluding hydrogens is 1210 g/mol. The molecule has 0 rings (SSSR count). The number of hydrogen-bond donors (Lipinski definition) is 0. The molecule has 0 aliphatic heterocycles. The molecule has 0 radical (unpaired) electrons. The Morgan fingerprint density at radius 3 is 0.833 bits per heavy atom. The molecule has 0 heterocycles. The fourth-order valence-corrected chi connectivity index (χ4v) is 11.1. The van der Waals surface area contributed by atoms with Crippen molar-refractivity contribution in [3.05, 3.63) is 170 Å². The van der Waals surface area contributed by atoms with Gasteiger partial charge in [0.05, 0.1) is 27.7 Å². The quantitative estimate of drug-likeness (QED) is 0.0195. The number of allylic oxidation sites excluding steroid dienone is 28. The Hall–Kier alpha value is -4.63. The Balaban J connectivity index is 4.02. The van der Waals surface area contributed by atoms with Gasteiger partial charge < -0.3 is 27.9 Å². The van der Waals surface area contributed by atoms with Gasteiger partial charge in [0.1, 0.15) is 19.8 Å². The van der Waals surface area contributed by atoms with Crippen LogP contribution in [0, 0.1) is 0 Å². The van der Waals surface area contributed by atoms with E-state index in [-0.39, 0.29) is 26.1 Å². The number of likely N-dealkylation sites (N-methyl/N-ethyl adjacent to an activating group) is 1. The van der Waals surface area contributed by atoms with Crippen molar-refractivity contribution >= 4 is 19.8 Å². The lowest BCUT2D eigenvalue weighted by Gasteiger charge is -2.28. The summed E-state index contributed by atoms with van der Waals surface area (Å²) < 4.78 is 34.4. The van der Waals surface area contributed by atoms with E-state index in [0.29, 0.717) is 17.4 Å². The zero-order valence-corrected chi connectivity index (χ0v) is 63.2. The third-order valence-electron chi connectivity index (χ3n) is 16.2. The van der Waals surface area contributed by atoms with Crippen LogP contribution >= 0.6 is 7.82 Å². The number of esters is 2. The van der Waals surface area contributed by atoms with Crippen molar-refractivity contribution in [2.45, 2.75) is 315 Å². The SMILES string of the molecule is CC/C=C\C/C=C\C/C=C\C/C=C\C/C=C\C/C=C\C/C=C\CCCCCCCCCCCCCCCCCCCCCC(=O)OC(COC(=O)CCCCCCCCCCC/C=C\C/C=C\C/C=C\C/C=C\C/C=C\C/C=C\C/C=C\CC)COP(=O)([O-])OCC[N+](C)(C)C. The third kappa shape index (κ3) is 78.4. The molecule has 10 heteroatoms. The number of rotatable bonds is 70. The Labute approximate surface area is 591 Å². The second-order valence-electron chi connectivity index (χ2n) is 26.6. The van der Waals surface area contributed by atoms with E-state index < -0.39 is 32.5 Å². The van der Waals surface area contributed by atoms with E-state index in [1.165, 1.54) is 135 Å². The molecule has 0 amide bonds. The molecule has 0 aromatic rings. The maximum absolute atomic E-state index is 12.9. The highest BCUT2D eigenvalue weighted by Gasteiger charge is 2.22. The molecule has 0 N–H and O–H groups in total. The summed E-state index contributed by atoms with van der Waals surface area (Å²) >= 11 is 0. The smallest absolute Gasteiger partial charge is 0.306 e. The average molecular weight is 1350 g/mol. The van der Waals surface area contributed by atoms with Gasteiger partial charge in [0, 0.05) is 12.8 Å². The first-order valence-corrected chi connectivity index (χ1v) is 40.3. The van der Waals surface area contributed by atoms with Gasteiger partial charge in [-0.3, -0.25) is 14.2 Å². The standard InChI is InChI=1S/C86H144NO8P/c1-6-8-10-12-14-16-18-20-22-24-26-28-30-32-34-36-38-39-40-41-42-43-44-45-46-47-49-51-53-55-57-59-61-63-65-67-69-71-73-75-77-79-86(89)95-84(83-94-96(90,91)93-81-80-87(3,4)5)82-92-85(88)78-76-74-72-70-68-66-64-62-60-58-56-54-52-50-48-37-35-33-31-29-27-25-23-21-19-17-15-13-11-9-7-2/h8-11,14-17,20-23,26-29,32-35,38-39,41-42,48,50,54,56,84H,6-7,12-13,18-19,24-25,30-31,36-37,40,43-47,49,51-53,55,57-83H2,1-5H3/b10-8-,11-9-,16-14-,17-15-,22-20-,23-21-,28-26-,29-27-,34-32-,35-33-,39-38-,42-41-,50-48-,56-54-. The first kappa shape index (κ1) is 91.4. The van der Waals surface area contributed by atoms with Crippen LogP contribution in [0.25, 0.3) is 0 Å². The molecule has 96 heavy (non-hydrogen) atoms. The lowest BCUT2D eigenvalue weighted by Crippen LogP contribution is -2.37. The minimum atomic E-state index is -4.66. The highest BCUT2D eigenvalue weighted by Crippen LogP contribution is 2.38. The molecule has 0 spiro atoms. The summed E-state index contributed by atoms with van der Waals surface area (Å²) in [5.74, 6) is -0.840. The number of phosphoric acid groups is 1. The summed E-state index contributed by atoms with van der Waals surface area (Å²) in [5, 5.41) is 0. The van der Waals surface area contributed by atoms with Crippen LogP contribution in [0.1, 0.15) is 309 Å². The van der Waals surface area contributed by atoms with Gasteiger partial charge in [-0.25, -0.2) is 0 Å². The maximum atomic E-state index is 12.9. The molecule has 0 aliphatic carbocycles. The van der Waals surface area contributed by atoms with Gasteiger partial charge in [0.2, 0.25) is 0 Å². The monoisotopic (exact) mass is 1350 g/mol. The number of phosphoric ester groups is 1. The Kier molecular flexibility index (Phi) is 71.0. The number of hydrogen-bond acceptors (Lipinski definition) is 8. The van der Waals surface area contributed by atoms with E-state index in [9.17, 15) is 19.0 Å². The zero-order chi connectivity index (χ0) is 69.7. The van der Waals surface area contributed by atoms with Crippen LogP contribution in [-0.4, -0.2) is 70.0 Å². The molecule has 546 valence electrons. The maximum Gasteiger partial charge on any atom is 0.306 e. The largest absolute Gasteiger partial charge is 0.756 e. The van der Waals surface area contributed by atoms with Crippen LogP contribution in [0.4, 0.5) is 0 Å². The van der Waals surface area contributed by atoms with Crippen LogP contribution in [0.15, 0.2) is 170 Å². The topological polar surface area (TPSA) is 111 Å². The highest BCUT2D eigenvalue weighted by molar-refractivity contribution is 7.45. The third-order valence-corrected chi connectivity index (χ3v) is 17.2. The van der Waals surface area contributed by atoms with Gasteiger partial charge >= 0.3 is 11.9 Å². The van der Waals surface area contributed by atoms with Crippen LogP contribution in [0.3, 0.4) is 0 Å². The minimum Gasteiger partial charge on any atom is -0.756 e. The van der Waals surface area contributed by atoms with E-state index in [1.54, 1.807) is 0 Å². The fourth-order valence-electron chi connectivity index (χ4n) is 10.4. The summed E-state index contributed by atoms with van der Waals surface area (Å²) in [6.07, 6.45) is 113. The summed E-state index contributed by atoms with van der Waals surface area (Å²) in [6, 6.07) is 0. The van der Waals surface area contributed by atoms with Gasteiger partial charge in [-0.15, -0.1) is 0 Å². The van der Waals surface area contributed by atoms with Crippen LogP contribution in [0.2, 0.25) is 0 Å². The predicted octanol–water partition coefficient (Wildman–Crippen LogP) is 25.4. The molecule has 0 fully saturated rings. The van der Waals surface area contributed by atoms with E-state index in [4.69, 9.17) is 18.5 Å². The molecule has 0 aliphatic rings. The molecule has 9 nitrogen and oxygen atoms in total.